The van der Waals surface area contributed by atoms with Crippen LogP contribution in [-0.4, -0.2) is 10.9 Å². The van der Waals surface area contributed by atoms with Gasteiger partial charge in [0.05, 0.1) is 11.2 Å². The van der Waals surface area contributed by atoms with E-state index in [1.165, 1.54) is 0 Å². The van der Waals surface area contributed by atoms with Gasteiger partial charge < -0.3 is 11.1 Å². The second kappa shape index (κ2) is 5.25. The zero-order valence-electron chi connectivity index (χ0n) is 11.6. The Hall–Kier alpha value is -2.88. The van der Waals surface area contributed by atoms with Gasteiger partial charge in [0.25, 0.3) is 5.91 Å². The highest BCUT2D eigenvalue weighted by Crippen LogP contribution is 2.23. The number of nitrogen functional groups attached to an aromatic ring is 1. The number of aromatic nitrogens is 1. The lowest BCUT2D eigenvalue weighted by atomic mass is 10.1. The molecule has 0 aliphatic carbocycles. The van der Waals surface area contributed by atoms with Crippen LogP contribution in [0.2, 0.25) is 0 Å². The predicted molar refractivity (Wildman–Crippen MR) is 85.3 cm³/mol. The first-order chi connectivity index (χ1) is 10.2. The van der Waals surface area contributed by atoms with Gasteiger partial charge >= 0.3 is 0 Å². The van der Waals surface area contributed by atoms with Crippen LogP contribution in [0, 0.1) is 6.92 Å². The number of fused-ring (bicyclic) bond motifs is 1. The van der Waals surface area contributed by atoms with Crippen molar-refractivity contribution >= 4 is 28.2 Å². The van der Waals surface area contributed by atoms with Crippen molar-refractivity contribution in [1.29, 1.82) is 0 Å². The molecule has 0 unspecified atom stereocenters. The minimum absolute atomic E-state index is 0.170. The normalized spacial score (nSPS) is 10.5. The van der Waals surface area contributed by atoms with Crippen molar-refractivity contribution in [3.05, 3.63) is 65.9 Å². The van der Waals surface area contributed by atoms with E-state index >= 15 is 0 Å². The molecule has 3 aromatic rings. The molecule has 0 saturated heterocycles. The fourth-order valence-corrected chi connectivity index (χ4v) is 2.30. The van der Waals surface area contributed by atoms with E-state index in [4.69, 9.17) is 5.73 Å². The maximum atomic E-state index is 12.4. The second-order valence-electron chi connectivity index (χ2n) is 4.85. The van der Waals surface area contributed by atoms with E-state index < -0.39 is 0 Å². The monoisotopic (exact) mass is 277 g/mol. The van der Waals surface area contributed by atoms with Crippen LogP contribution in [0.25, 0.3) is 10.9 Å². The van der Waals surface area contributed by atoms with Crippen LogP contribution in [0.4, 0.5) is 11.4 Å². The molecule has 0 aliphatic rings. The summed E-state index contributed by atoms with van der Waals surface area (Å²) >= 11 is 0. The van der Waals surface area contributed by atoms with E-state index in [0.717, 1.165) is 22.2 Å². The highest BCUT2D eigenvalue weighted by atomic mass is 16.1. The third-order valence-corrected chi connectivity index (χ3v) is 3.51. The zero-order chi connectivity index (χ0) is 14.8. The maximum absolute atomic E-state index is 12.4. The first-order valence-corrected chi connectivity index (χ1v) is 6.67. The third-order valence-electron chi connectivity index (χ3n) is 3.51. The Bertz CT molecular complexity index is 822. The molecule has 2 aromatic carbocycles. The molecule has 0 aliphatic heterocycles. The van der Waals surface area contributed by atoms with Gasteiger partial charge in [-0.25, -0.2) is 0 Å². The van der Waals surface area contributed by atoms with Gasteiger partial charge in [-0.1, -0.05) is 12.1 Å². The van der Waals surface area contributed by atoms with Gasteiger partial charge in [-0.3, -0.25) is 9.78 Å². The molecular formula is C17H15N3O. The fourth-order valence-electron chi connectivity index (χ4n) is 2.30. The average molecular weight is 277 g/mol. The van der Waals surface area contributed by atoms with E-state index in [9.17, 15) is 4.79 Å². The van der Waals surface area contributed by atoms with Gasteiger partial charge in [0, 0.05) is 22.8 Å². The van der Waals surface area contributed by atoms with Crippen molar-refractivity contribution < 1.29 is 4.79 Å². The molecule has 0 saturated carbocycles. The Morgan fingerprint density at radius 2 is 1.90 bits per heavy atom. The molecule has 1 heterocycles. The van der Waals surface area contributed by atoms with Gasteiger partial charge in [0.15, 0.2) is 0 Å². The Kier molecular flexibility index (Phi) is 3.28. The molecule has 1 amide bonds. The standard InChI is InChI=1S/C17H15N3O/c1-11-12(5-2-7-14(11)18)17(21)20-16-9-3-8-15-13(16)6-4-10-19-15/h2-10H,18H2,1H3,(H,20,21). The molecule has 1 aromatic heterocycles. The highest BCUT2D eigenvalue weighted by Gasteiger charge is 2.12. The maximum Gasteiger partial charge on any atom is 0.256 e. The van der Waals surface area contributed by atoms with Crippen molar-refractivity contribution in [2.45, 2.75) is 6.92 Å². The van der Waals surface area contributed by atoms with Crippen LogP contribution >= 0.6 is 0 Å². The first-order valence-electron chi connectivity index (χ1n) is 6.67. The smallest absolute Gasteiger partial charge is 0.256 e. The van der Waals surface area contributed by atoms with E-state index in [1.807, 2.05) is 37.3 Å². The van der Waals surface area contributed by atoms with Gasteiger partial charge in [0.1, 0.15) is 0 Å². The Morgan fingerprint density at radius 3 is 2.76 bits per heavy atom. The number of rotatable bonds is 2. The molecule has 3 N–H and O–H groups in total. The number of pyridine rings is 1. The topological polar surface area (TPSA) is 68.0 Å². The molecule has 0 atom stereocenters. The van der Waals surface area contributed by atoms with Crippen molar-refractivity contribution in [1.82, 2.24) is 4.98 Å². The van der Waals surface area contributed by atoms with Crippen LogP contribution in [-0.2, 0) is 0 Å². The number of anilines is 2. The summed E-state index contributed by atoms with van der Waals surface area (Å²) in [6, 6.07) is 14.8. The number of hydrogen-bond donors (Lipinski definition) is 2. The molecule has 0 bridgehead atoms. The first kappa shape index (κ1) is 13.1. The lowest BCUT2D eigenvalue weighted by molar-refractivity contribution is 0.102. The molecule has 21 heavy (non-hydrogen) atoms. The number of nitrogens with two attached hydrogens (primary N) is 1. The Labute approximate surface area is 122 Å². The lowest BCUT2D eigenvalue weighted by Gasteiger charge is -2.11. The van der Waals surface area contributed by atoms with Crippen LogP contribution in [0.5, 0.6) is 0 Å². The minimum atomic E-state index is -0.170. The Morgan fingerprint density at radius 1 is 1.10 bits per heavy atom. The van der Waals surface area contributed by atoms with Gasteiger partial charge in [-0.15, -0.1) is 0 Å². The summed E-state index contributed by atoms with van der Waals surface area (Å²) in [7, 11) is 0. The van der Waals surface area contributed by atoms with Crippen molar-refractivity contribution in [2.75, 3.05) is 11.1 Å². The molecule has 104 valence electrons. The molecule has 0 fully saturated rings. The van der Waals surface area contributed by atoms with E-state index in [1.54, 1.807) is 24.4 Å². The summed E-state index contributed by atoms with van der Waals surface area (Å²) in [5, 5.41) is 3.85. The minimum Gasteiger partial charge on any atom is -0.398 e. The van der Waals surface area contributed by atoms with Crippen molar-refractivity contribution in [2.24, 2.45) is 0 Å². The SMILES string of the molecule is Cc1c(N)cccc1C(=O)Nc1cccc2ncccc12. The van der Waals surface area contributed by atoms with Crippen molar-refractivity contribution in [3.8, 4) is 0 Å². The van der Waals surface area contributed by atoms with E-state index in [-0.39, 0.29) is 5.91 Å². The van der Waals surface area contributed by atoms with Crippen LogP contribution in [0.3, 0.4) is 0 Å². The zero-order valence-corrected chi connectivity index (χ0v) is 11.6. The van der Waals surface area contributed by atoms with E-state index in [0.29, 0.717) is 11.3 Å². The fraction of sp³-hybridized carbons (Fsp3) is 0.0588. The molecule has 4 heteroatoms. The number of nitrogens with one attached hydrogen (secondary N) is 1. The summed E-state index contributed by atoms with van der Waals surface area (Å²) in [6.45, 7) is 1.84. The van der Waals surface area contributed by atoms with Crippen LogP contribution in [0.1, 0.15) is 15.9 Å². The van der Waals surface area contributed by atoms with E-state index in [2.05, 4.69) is 10.3 Å². The highest BCUT2D eigenvalue weighted by molar-refractivity contribution is 6.09. The number of nitrogens with zero attached hydrogens (tertiary/aromatic N) is 1. The van der Waals surface area contributed by atoms with Gasteiger partial charge in [0.2, 0.25) is 0 Å². The van der Waals surface area contributed by atoms with Gasteiger partial charge in [-0.05, 0) is 48.9 Å². The van der Waals surface area contributed by atoms with Crippen LogP contribution < -0.4 is 11.1 Å². The molecule has 3 rings (SSSR count). The van der Waals surface area contributed by atoms with Crippen molar-refractivity contribution in [3.63, 3.8) is 0 Å². The quantitative estimate of drug-likeness (QED) is 0.706. The predicted octanol–water partition coefficient (Wildman–Crippen LogP) is 3.38. The van der Waals surface area contributed by atoms with Gasteiger partial charge in [-0.2, -0.15) is 0 Å². The number of hydrogen-bond acceptors (Lipinski definition) is 3. The third kappa shape index (κ3) is 2.43. The summed E-state index contributed by atoms with van der Waals surface area (Å²) in [6.07, 6.45) is 1.73. The second-order valence-corrected chi connectivity index (χ2v) is 4.85. The summed E-state index contributed by atoms with van der Waals surface area (Å²) < 4.78 is 0. The molecule has 0 radical (unpaired) electrons. The average Bonchev–Trinajstić information content (AvgIpc) is 2.50. The molecular weight excluding hydrogens is 262 g/mol. The summed E-state index contributed by atoms with van der Waals surface area (Å²) in [5.74, 6) is -0.170. The van der Waals surface area contributed by atoms with Crippen LogP contribution in [0.15, 0.2) is 54.7 Å². The summed E-state index contributed by atoms with van der Waals surface area (Å²) in [4.78, 5) is 16.7. The number of carbonyl (C=O) groups is 1. The number of amides is 1. The lowest BCUT2D eigenvalue weighted by Crippen LogP contribution is -2.14. The summed E-state index contributed by atoms with van der Waals surface area (Å²) in [5.41, 5.74) is 9.42. The largest absolute Gasteiger partial charge is 0.398 e. The molecule has 4 nitrogen and oxygen atoms in total. The number of carbonyl (C=O) groups excluding carboxylic acids is 1. The molecule has 0 spiro atoms. The Balaban J connectivity index is 1.99. The number of benzene rings is 2.